The second kappa shape index (κ2) is 7.72. The predicted octanol–water partition coefficient (Wildman–Crippen LogP) is 2.63. The number of nitrogens with one attached hydrogen (secondary N) is 2. The fourth-order valence-electron chi connectivity index (χ4n) is 3.48. The maximum absolute atomic E-state index is 12.6. The van der Waals surface area contributed by atoms with Crippen LogP contribution in [-0.4, -0.2) is 34.9 Å². The largest absolute Gasteiger partial charge is 0.492 e. The van der Waals surface area contributed by atoms with Crippen LogP contribution in [0, 0.1) is 5.92 Å². The highest BCUT2D eigenvalue weighted by atomic mass is 16.5. The first kappa shape index (κ1) is 18.0. The highest BCUT2D eigenvalue weighted by Gasteiger charge is 2.36. The van der Waals surface area contributed by atoms with E-state index in [1.54, 1.807) is 4.90 Å². The third-order valence-electron chi connectivity index (χ3n) is 4.82. The molecule has 1 aliphatic heterocycles. The summed E-state index contributed by atoms with van der Waals surface area (Å²) >= 11 is 0. The van der Waals surface area contributed by atoms with Gasteiger partial charge >= 0.3 is 0 Å². The van der Waals surface area contributed by atoms with E-state index in [1.807, 2.05) is 55.5 Å². The van der Waals surface area contributed by atoms with Crippen molar-refractivity contribution in [2.45, 2.75) is 19.9 Å². The van der Waals surface area contributed by atoms with E-state index < -0.39 is 5.92 Å². The Morgan fingerprint density at radius 3 is 2.86 bits per heavy atom. The number of hydrogen-bond acceptors (Lipinski definition) is 4. The number of aromatic nitrogens is 2. The first-order valence-corrected chi connectivity index (χ1v) is 9.39. The monoisotopic (exact) mass is 378 g/mol. The van der Waals surface area contributed by atoms with Crippen LogP contribution in [0.4, 0.5) is 5.69 Å². The molecule has 2 amide bonds. The molecule has 1 unspecified atom stereocenters. The molecule has 0 bridgehead atoms. The van der Waals surface area contributed by atoms with Gasteiger partial charge in [0.15, 0.2) is 0 Å². The molecule has 28 heavy (non-hydrogen) atoms. The Morgan fingerprint density at radius 1 is 1.25 bits per heavy atom. The molecule has 0 spiro atoms. The van der Waals surface area contributed by atoms with Crippen LogP contribution in [0.3, 0.4) is 0 Å². The van der Waals surface area contributed by atoms with Crippen molar-refractivity contribution in [2.24, 2.45) is 5.92 Å². The van der Waals surface area contributed by atoms with Gasteiger partial charge in [-0.3, -0.25) is 9.59 Å². The Labute approximate surface area is 162 Å². The molecule has 1 aromatic heterocycles. The van der Waals surface area contributed by atoms with E-state index >= 15 is 0 Å². The first-order valence-electron chi connectivity index (χ1n) is 9.39. The Kier molecular flexibility index (Phi) is 4.97. The second-order valence-electron chi connectivity index (χ2n) is 6.72. The molecule has 1 aliphatic rings. The zero-order valence-electron chi connectivity index (χ0n) is 15.6. The van der Waals surface area contributed by atoms with E-state index in [0.29, 0.717) is 37.0 Å². The Morgan fingerprint density at radius 2 is 2.04 bits per heavy atom. The number of amides is 2. The molecule has 0 aliphatic carbocycles. The van der Waals surface area contributed by atoms with Crippen molar-refractivity contribution in [3.05, 3.63) is 54.4 Å². The fourth-order valence-corrected chi connectivity index (χ4v) is 3.48. The lowest BCUT2D eigenvalue weighted by Gasteiger charge is -2.20. The quantitative estimate of drug-likeness (QED) is 0.690. The summed E-state index contributed by atoms with van der Waals surface area (Å²) < 4.78 is 5.62. The number of rotatable bonds is 6. The van der Waals surface area contributed by atoms with Gasteiger partial charge in [-0.1, -0.05) is 24.3 Å². The van der Waals surface area contributed by atoms with E-state index in [-0.39, 0.29) is 18.2 Å². The van der Waals surface area contributed by atoms with Crippen molar-refractivity contribution in [3.63, 3.8) is 0 Å². The minimum atomic E-state index is -0.397. The summed E-state index contributed by atoms with van der Waals surface area (Å²) in [4.78, 5) is 34.4. The number of H-pyrrole nitrogens is 1. The summed E-state index contributed by atoms with van der Waals surface area (Å²) in [6, 6.07) is 15.1. The molecule has 1 saturated heterocycles. The zero-order valence-corrected chi connectivity index (χ0v) is 15.6. The van der Waals surface area contributed by atoms with E-state index in [2.05, 4.69) is 15.3 Å². The van der Waals surface area contributed by atoms with Crippen molar-refractivity contribution in [3.8, 4) is 5.75 Å². The van der Waals surface area contributed by atoms with Crippen LogP contribution in [0.15, 0.2) is 48.5 Å². The number of aromatic amines is 1. The summed E-state index contributed by atoms with van der Waals surface area (Å²) in [6.45, 7) is 3.06. The number of nitrogens with zero attached hydrogens (tertiary/aromatic N) is 2. The van der Waals surface area contributed by atoms with Gasteiger partial charge in [0.25, 0.3) is 0 Å². The van der Waals surface area contributed by atoms with Gasteiger partial charge in [0.05, 0.1) is 35.8 Å². The Balaban J connectivity index is 1.41. The standard InChI is InChI=1S/C21H22N4O3/c1-2-28-18-10-6-5-9-17(18)25-13-14(11-20(25)26)21(27)22-12-19-23-15-7-3-4-8-16(15)24-19/h3-10,14H,2,11-13H2,1H3,(H,22,27)(H,23,24). The van der Waals surface area contributed by atoms with Gasteiger partial charge in [-0.15, -0.1) is 0 Å². The average molecular weight is 378 g/mol. The lowest BCUT2D eigenvalue weighted by molar-refractivity contribution is -0.126. The maximum Gasteiger partial charge on any atom is 0.227 e. The molecule has 144 valence electrons. The number of benzene rings is 2. The highest BCUT2D eigenvalue weighted by Crippen LogP contribution is 2.33. The number of imidazole rings is 1. The first-order chi connectivity index (χ1) is 13.7. The Hall–Kier alpha value is -3.35. The van der Waals surface area contributed by atoms with Crippen LogP contribution in [0.1, 0.15) is 19.2 Å². The van der Waals surface area contributed by atoms with E-state index in [1.165, 1.54) is 0 Å². The van der Waals surface area contributed by atoms with Gasteiger partial charge in [-0.25, -0.2) is 4.98 Å². The molecule has 0 saturated carbocycles. The number of ether oxygens (including phenoxy) is 1. The van der Waals surface area contributed by atoms with E-state index in [0.717, 1.165) is 11.0 Å². The summed E-state index contributed by atoms with van der Waals surface area (Å²) in [5, 5.41) is 2.89. The number of para-hydroxylation sites is 4. The van der Waals surface area contributed by atoms with Crippen LogP contribution in [0.5, 0.6) is 5.75 Å². The topological polar surface area (TPSA) is 87.3 Å². The number of carbonyl (C=O) groups excluding carboxylic acids is 2. The average Bonchev–Trinajstić information content (AvgIpc) is 3.30. The van der Waals surface area contributed by atoms with Gasteiger partial charge in [-0.05, 0) is 31.2 Å². The lowest BCUT2D eigenvalue weighted by Crippen LogP contribution is -2.33. The van der Waals surface area contributed by atoms with Crippen molar-refractivity contribution in [1.82, 2.24) is 15.3 Å². The molecule has 1 atom stereocenters. The number of fused-ring (bicyclic) bond motifs is 1. The molecule has 7 heteroatoms. The van der Waals surface area contributed by atoms with Gasteiger partial charge in [0, 0.05) is 13.0 Å². The zero-order chi connectivity index (χ0) is 19.5. The Bertz CT molecular complexity index is 981. The molecular weight excluding hydrogens is 356 g/mol. The lowest BCUT2D eigenvalue weighted by atomic mass is 10.1. The molecule has 3 aromatic rings. The number of hydrogen-bond donors (Lipinski definition) is 2. The third-order valence-corrected chi connectivity index (χ3v) is 4.82. The molecule has 1 fully saturated rings. The van der Waals surface area contributed by atoms with Crippen molar-refractivity contribution >= 4 is 28.5 Å². The minimum Gasteiger partial charge on any atom is -0.492 e. The highest BCUT2D eigenvalue weighted by molar-refractivity contribution is 6.01. The fraction of sp³-hybridized carbons (Fsp3) is 0.286. The van der Waals surface area contributed by atoms with Gasteiger partial charge in [0.2, 0.25) is 11.8 Å². The van der Waals surface area contributed by atoms with Gasteiger partial charge in [0.1, 0.15) is 11.6 Å². The smallest absolute Gasteiger partial charge is 0.227 e. The van der Waals surface area contributed by atoms with Gasteiger partial charge < -0.3 is 19.9 Å². The van der Waals surface area contributed by atoms with Crippen LogP contribution >= 0.6 is 0 Å². The van der Waals surface area contributed by atoms with Crippen LogP contribution in [0.2, 0.25) is 0 Å². The van der Waals surface area contributed by atoms with Crippen molar-refractivity contribution in [2.75, 3.05) is 18.1 Å². The molecule has 7 nitrogen and oxygen atoms in total. The molecule has 4 rings (SSSR count). The van der Waals surface area contributed by atoms with Crippen LogP contribution in [0.25, 0.3) is 11.0 Å². The molecule has 0 radical (unpaired) electrons. The summed E-state index contributed by atoms with van der Waals surface area (Å²) in [5.74, 6) is 0.729. The predicted molar refractivity (Wildman–Crippen MR) is 106 cm³/mol. The second-order valence-corrected chi connectivity index (χ2v) is 6.72. The summed E-state index contributed by atoms with van der Waals surface area (Å²) in [6.07, 6.45) is 0.187. The van der Waals surface area contributed by atoms with Crippen molar-refractivity contribution in [1.29, 1.82) is 0 Å². The summed E-state index contributed by atoms with van der Waals surface area (Å²) in [7, 11) is 0. The van der Waals surface area contributed by atoms with Gasteiger partial charge in [-0.2, -0.15) is 0 Å². The number of anilines is 1. The molecule has 2 heterocycles. The van der Waals surface area contributed by atoms with E-state index in [4.69, 9.17) is 4.74 Å². The molecule has 2 N–H and O–H groups in total. The number of carbonyl (C=O) groups is 2. The minimum absolute atomic E-state index is 0.0731. The molecule has 2 aromatic carbocycles. The maximum atomic E-state index is 12.6. The van der Waals surface area contributed by atoms with Crippen LogP contribution < -0.4 is 15.0 Å². The SMILES string of the molecule is CCOc1ccccc1N1CC(C(=O)NCc2nc3ccccc3[nH]2)CC1=O. The molecular formula is C21H22N4O3. The third kappa shape index (κ3) is 3.55. The van der Waals surface area contributed by atoms with Crippen LogP contribution in [-0.2, 0) is 16.1 Å². The normalized spacial score (nSPS) is 16.5. The van der Waals surface area contributed by atoms with E-state index in [9.17, 15) is 9.59 Å². The summed E-state index contributed by atoms with van der Waals surface area (Å²) in [5.41, 5.74) is 2.50. The van der Waals surface area contributed by atoms with Crippen molar-refractivity contribution < 1.29 is 14.3 Å².